The summed E-state index contributed by atoms with van der Waals surface area (Å²) in [5.74, 6) is -0.926. The lowest BCUT2D eigenvalue weighted by Crippen LogP contribution is -1.99. The van der Waals surface area contributed by atoms with E-state index >= 15 is 0 Å². The molecule has 0 saturated heterocycles. The van der Waals surface area contributed by atoms with Crippen LogP contribution in [0.25, 0.3) is 5.69 Å². The first-order chi connectivity index (χ1) is 12.4. The Bertz CT molecular complexity index is 1000. The van der Waals surface area contributed by atoms with Crippen molar-refractivity contribution in [1.29, 1.82) is 0 Å². The molecule has 0 aliphatic rings. The van der Waals surface area contributed by atoms with Crippen LogP contribution >= 0.6 is 22.6 Å². The number of hydrogen-bond donors (Lipinski definition) is 1. The van der Waals surface area contributed by atoms with Crippen molar-refractivity contribution in [2.75, 3.05) is 0 Å². The number of benzene rings is 2. The quantitative estimate of drug-likeness (QED) is 0.417. The zero-order valence-electron chi connectivity index (χ0n) is 14.8. The summed E-state index contributed by atoms with van der Waals surface area (Å²) < 4.78 is 3.41. The molecule has 1 N–H and O–H groups in total. The Labute approximate surface area is 166 Å². The molecule has 3 aromatic rings. The molecule has 0 radical (unpaired) electrons. The average molecular weight is 458 g/mol. The van der Waals surface area contributed by atoms with E-state index in [0.717, 1.165) is 33.9 Å². The molecule has 0 amide bonds. The standard InChI is InChI=1S/C21H19IN2O2/c1-13-10-16(21(25)26)4-9-20(13)23-12-17-11-14(2)24(15(17)3)19-7-5-18(22)6-8-19/h4-12H,1-3H3,(H,25,26). The van der Waals surface area contributed by atoms with E-state index < -0.39 is 5.97 Å². The Morgan fingerprint density at radius 3 is 2.38 bits per heavy atom. The number of nitrogens with zero attached hydrogens (tertiary/aromatic N) is 2. The number of carboxylic acid groups (broad SMARTS) is 1. The highest BCUT2D eigenvalue weighted by molar-refractivity contribution is 14.1. The van der Waals surface area contributed by atoms with Crippen LogP contribution in [0.5, 0.6) is 0 Å². The van der Waals surface area contributed by atoms with Crippen molar-refractivity contribution in [3.05, 3.63) is 80.2 Å². The number of halogens is 1. The van der Waals surface area contributed by atoms with Gasteiger partial charge in [0.25, 0.3) is 0 Å². The Hall–Kier alpha value is -2.41. The summed E-state index contributed by atoms with van der Waals surface area (Å²) in [5, 5.41) is 9.06. The lowest BCUT2D eigenvalue weighted by molar-refractivity contribution is 0.0697. The van der Waals surface area contributed by atoms with E-state index in [-0.39, 0.29) is 5.56 Å². The van der Waals surface area contributed by atoms with Gasteiger partial charge < -0.3 is 9.67 Å². The molecule has 26 heavy (non-hydrogen) atoms. The van der Waals surface area contributed by atoms with E-state index in [0.29, 0.717) is 0 Å². The fourth-order valence-corrected chi connectivity index (χ4v) is 3.34. The summed E-state index contributed by atoms with van der Waals surface area (Å²) in [6, 6.07) is 15.5. The smallest absolute Gasteiger partial charge is 0.335 e. The molecular weight excluding hydrogens is 439 g/mol. The van der Waals surface area contributed by atoms with Crippen molar-refractivity contribution in [2.24, 2.45) is 4.99 Å². The lowest BCUT2D eigenvalue weighted by atomic mass is 10.1. The Balaban J connectivity index is 1.94. The van der Waals surface area contributed by atoms with Crippen molar-refractivity contribution in [2.45, 2.75) is 20.8 Å². The lowest BCUT2D eigenvalue weighted by Gasteiger charge is -2.09. The Morgan fingerprint density at radius 2 is 1.77 bits per heavy atom. The molecule has 3 rings (SSSR count). The third-order valence-electron chi connectivity index (χ3n) is 4.34. The second-order valence-electron chi connectivity index (χ2n) is 6.20. The fraction of sp³-hybridized carbons (Fsp3) is 0.143. The van der Waals surface area contributed by atoms with Crippen LogP contribution in [0.4, 0.5) is 5.69 Å². The highest BCUT2D eigenvalue weighted by Crippen LogP contribution is 2.23. The molecule has 132 valence electrons. The molecular formula is C21H19IN2O2. The van der Waals surface area contributed by atoms with Crippen LogP contribution in [0.1, 0.15) is 32.9 Å². The molecule has 2 aromatic carbocycles. The van der Waals surface area contributed by atoms with Crippen LogP contribution in [-0.2, 0) is 0 Å². The zero-order chi connectivity index (χ0) is 18.8. The molecule has 4 nitrogen and oxygen atoms in total. The van der Waals surface area contributed by atoms with Crippen molar-refractivity contribution < 1.29 is 9.90 Å². The van der Waals surface area contributed by atoms with Gasteiger partial charge >= 0.3 is 5.97 Å². The minimum atomic E-state index is -0.926. The fourth-order valence-electron chi connectivity index (χ4n) is 2.98. The normalized spacial score (nSPS) is 11.2. The number of aliphatic imine (C=N–C) groups is 1. The summed E-state index contributed by atoms with van der Waals surface area (Å²) >= 11 is 2.30. The van der Waals surface area contributed by atoms with Gasteiger partial charge in [0.2, 0.25) is 0 Å². The largest absolute Gasteiger partial charge is 0.478 e. The van der Waals surface area contributed by atoms with Gasteiger partial charge in [-0.3, -0.25) is 4.99 Å². The maximum Gasteiger partial charge on any atom is 0.335 e. The number of carboxylic acids is 1. The predicted octanol–water partition coefficient (Wildman–Crippen LogP) is 5.46. The predicted molar refractivity (Wildman–Crippen MR) is 113 cm³/mol. The van der Waals surface area contributed by atoms with E-state index in [4.69, 9.17) is 5.11 Å². The highest BCUT2D eigenvalue weighted by Gasteiger charge is 2.10. The van der Waals surface area contributed by atoms with Gasteiger partial charge in [0.05, 0.1) is 11.3 Å². The van der Waals surface area contributed by atoms with E-state index in [1.54, 1.807) is 18.2 Å². The maximum absolute atomic E-state index is 11.0. The molecule has 0 aliphatic heterocycles. The number of aromatic carboxylic acids is 1. The van der Waals surface area contributed by atoms with E-state index in [2.05, 4.69) is 76.3 Å². The van der Waals surface area contributed by atoms with Gasteiger partial charge in [-0.15, -0.1) is 0 Å². The molecule has 0 spiro atoms. The maximum atomic E-state index is 11.0. The number of carbonyl (C=O) groups is 1. The first-order valence-electron chi connectivity index (χ1n) is 8.19. The Kier molecular flexibility index (Phi) is 5.27. The molecule has 0 saturated carbocycles. The molecule has 1 heterocycles. The zero-order valence-corrected chi connectivity index (χ0v) is 17.0. The minimum absolute atomic E-state index is 0.276. The molecule has 0 bridgehead atoms. The first kappa shape index (κ1) is 18.4. The summed E-state index contributed by atoms with van der Waals surface area (Å²) in [5.41, 5.74) is 6.32. The van der Waals surface area contributed by atoms with E-state index in [1.165, 1.54) is 3.57 Å². The molecule has 5 heteroatoms. The van der Waals surface area contributed by atoms with Crippen LogP contribution in [0.2, 0.25) is 0 Å². The summed E-state index contributed by atoms with van der Waals surface area (Å²) in [4.78, 5) is 15.6. The topological polar surface area (TPSA) is 54.6 Å². The van der Waals surface area contributed by atoms with Crippen LogP contribution in [0.3, 0.4) is 0 Å². The van der Waals surface area contributed by atoms with Gasteiger partial charge in [0, 0.05) is 32.4 Å². The van der Waals surface area contributed by atoms with Crippen LogP contribution in [-0.4, -0.2) is 21.9 Å². The Morgan fingerprint density at radius 1 is 1.08 bits per heavy atom. The third kappa shape index (κ3) is 3.72. The monoisotopic (exact) mass is 458 g/mol. The SMILES string of the molecule is Cc1cc(C(=O)O)ccc1N=Cc1cc(C)n(-c2ccc(I)cc2)c1C. The number of aryl methyl sites for hydroxylation is 2. The van der Waals surface area contributed by atoms with E-state index in [9.17, 15) is 4.79 Å². The molecule has 0 atom stereocenters. The summed E-state index contributed by atoms with van der Waals surface area (Å²) in [7, 11) is 0. The van der Waals surface area contributed by atoms with Gasteiger partial charge in [-0.25, -0.2) is 4.79 Å². The third-order valence-corrected chi connectivity index (χ3v) is 5.06. The van der Waals surface area contributed by atoms with E-state index in [1.807, 2.05) is 13.1 Å². The van der Waals surface area contributed by atoms with Crippen molar-refractivity contribution >= 4 is 40.5 Å². The summed E-state index contributed by atoms with van der Waals surface area (Å²) in [6.07, 6.45) is 1.84. The van der Waals surface area contributed by atoms with Gasteiger partial charge in [0.15, 0.2) is 0 Å². The summed E-state index contributed by atoms with van der Waals surface area (Å²) in [6.45, 7) is 6.02. The van der Waals surface area contributed by atoms with Crippen molar-refractivity contribution in [3.8, 4) is 5.69 Å². The molecule has 0 fully saturated rings. The number of rotatable bonds is 4. The highest BCUT2D eigenvalue weighted by atomic mass is 127. The molecule has 0 aliphatic carbocycles. The van der Waals surface area contributed by atoms with Crippen LogP contribution in [0, 0.1) is 24.3 Å². The molecule has 1 aromatic heterocycles. The second-order valence-corrected chi connectivity index (χ2v) is 7.45. The first-order valence-corrected chi connectivity index (χ1v) is 9.27. The van der Waals surface area contributed by atoms with Crippen molar-refractivity contribution in [1.82, 2.24) is 4.57 Å². The number of aromatic nitrogens is 1. The van der Waals surface area contributed by atoms with Gasteiger partial charge in [-0.05, 0) is 97.5 Å². The number of hydrogen-bond acceptors (Lipinski definition) is 2. The minimum Gasteiger partial charge on any atom is -0.478 e. The van der Waals surface area contributed by atoms with Crippen LogP contribution < -0.4 is 0 Å². The average Bonchev–Trinajstić information content (AvgIpc) is 2.88. The van der Waals surface area contributed by atoms with Crippen LogP contribution in [0.15, 0.2) is 53.5 Å². The molecule has 0 unspecified atom stereocenters. The van der Waals surface area contributed by atoms with Crippen molar-refractivity contribution in [3.63, 3.8) is 0 Å². The van der Waals surface area contributed by atoms with Gasteiger partial charge in [0.1, 0.15) is 0 Å². The van der Waals surface area contributed by atoms with Gasteiger partial charge in [-0.1, -0.05) is 0 Å². The van der Waals surface area contributed by atoms with Gasteiger partial charge in [-0.2, -0.15) is 0 Å². The second kappa shape index (κ2) is 7.45.